The van der Waals surface area contributed by atoms with Gasteiger partial charge in [0.1, 0.15) is 11.8 Å². The SMILES string of the molecule is CC(CC(=O)C(N)Cc1ccccc1)[C@H](N)C(=O)O. The van der Waals surface area contributed by atoms with Gasteiger partial charge in [-0.2, -0.15) is 0 Å². The molecule has 0 aromatic heterocycles. The molecule has 3 atom stereocenters. The molecule has 1 aromatic carbocycles. The quantitative estimate of drug-likeness (QED) is 0.667. The molecule has 0 heterocycles. The maximum atomic E-state index is 11.9. The molecule has 1 aromatic rings. The van der Waals surface area contributed by atoms with Crippen LogP contribution in [0.1, 0.15) is 18.9 Å². The van der Waals surface area contributed by atoms with E-state index in [1.54, 1.807) is 6.92 Å². The van der Waals surface area contributed by atoms with Crippen LogP contribution >= 0.6 is 0 Å². The predicted octanol–water partition coefficient (Wildman–Crippen LogP) is 0.564. The summed E-state index contributed by atoms with van der Waals surface area (Å²) in [6.45, 7) is 1.64. The van der Waals surface area contributed by atoms with Crippen LogP contribution in [0, 0.1) is 5.92 Å². The van der Waals surface area contributed by atoms with Crippen molar-refractivity contribution in [2.24, 2.45) is 17.4 Å². The smallest absolute Gasteiger partial charge is 0.320 e. The summed E-state index contributed by atoms with van der Waals surface area (Å²) in [5.74, 6) is -1.68. The van der Waals surface area contributed by atoms with Crippen molar-refractivity contribution in [3.8, 4) is 0 Å². The van der Waals surface area contributed by atoms with Crippen molar-refractivity contribution in [3.63, 3.8) is 0 Å². The maximum absolute atomic E-state index is 11.9. The van der Waals surface area contributed by atoms with Crippen LogP contribution < -0.4 is 11.5 Å². The Bertz CT molecular complexity index is 434. The molecule has 5 heteroatoms. The van der Waals surface area contributed by atoms with Crippen LogP contribution in [0.2, 0.25) is 0 Å². The lowest BCUT2D eigenvalue weighted by atomic mass is 9.92. The third kappa shape index (κ3) is 4.81. The van der Waals surface area contributed by atoms with E-state index in [2.05, 4.69) is 0 Å². The molecule has 5 N–H and O–H groups in total. The second-order valence-electron chi connectivity index (χ2n) is 4.81. The molecule has 0 fully saturated rings. The van der Waals surface area contributed by atoms with Crippen LogP contribution in [0.4, 0.5) is 0 Å². The van der Waals surface area contributed by atoms with Gasteiger partial charge >= 0.3 is 5.97 Å². The summed E-state index contributed by atoms with van der Waals surface area (Å²) in [6.07, 6.45) is 0.538. The molecule has 0 aliphatic heterocycles. The van der Waals surface area contributed by atoms with E-state index < -0.39 is 24.0 Å². The lowest BCUT2D eigenvalue weighted by Gasteiger charge is -2.17. The van der Waals surface area contributed by atoms with Crippen molar-refractivity contribution >= 4 is 11.8 Å². The topological polar surface area (TPSA) is 106 Å². The monoisotopic (exact) mass is 264 g/mol. The zero-order chi connectivity index (χ0) is 14.4. The van der Waals surface area contributed by atoms with Gasteiger partial charge in [-0.25, -0.2) is 0 Å². The van der Waals surface area contributed by atoms with Gasteiger partial charge in [0.2, 0.25) is 0 Å². The fourth-order valence-corrected chi connectivity index (χ4v) is 1.82. The fourth-order valence-electron chi connectivity index (χ4n) is 1.82. The van der Waals surface area contributed by atoms with Crippen molar-refractivity contribution in [3.05, 3.63) is 35.9 Å². The van der Waals surface area contributed by atoms with Crippen LogP contribution in [0.3, 0.4) is 0 Å². The van der Waals surface area contributed by atoms with E-state index in [0.717, 1.165) is 5.56 Å². The first-order chi connectivity index (χ1) is 8.91. The molecule has 0 spiro atoms. The summed E-state index contributed by atoms with van der Waals surface area (Å²) in [5, 5.41) is 8.77. The summed E-state index contributed by atoms with van der Waals surface area (Å²) in [7, 11) is 0. The fraction of sp³-hybridized carbons (Fsp3) is 0.429. The number of hydrogen-bond acceptors (Lipinski definition) is 4. The van der Waals surface area contributed by atoms with E-state index in [-0.39, 0.29) is 12.2 Å². The van der Waals surface area contributed by atoms with E-state index in [0.29, 0.717) is 6.42 Å². The number of hydrogen-bond donors (Lipinski definition) is 3. The van der Waals surface area contributed by atoms with Gasteiger partial charge in [0.05, 0.1) is 6.04 Å². The van der Waals surface area contributed by atoms with Gasteiger partial charge in [-0.15, -0.1) is 0 Å². The lowest BCUT2D eigenvalue weighted by molar-refractivity contribution is -0.139. The van der Waals surface area contributed by atoms with Crippen LogP contribution in [0.15, 0.2) is 30.3 Å². The molecule has 1 rings (SSSR count). The predicted molar refractivity (Wildman–Crippen MR) is 72.5 cm³/mol. The molecule has 0 bridgehead atoms. The maximum Gasteiger partial charge on any atom is 0.320 e. The minimum absolute atomic E-state index is 0.0848. The number of nitrogens with two attached hydrogens (primary N) is 2. The normalized spacial score (nSPS) is 15.5. The van der Waals surface area contributed by atoms with Crippen LogP contribution in [-0.2, 0) is 16.0 Å². The first-order valence-corrected chi connectivity index (χ1v) is 6.22. The standard InChI is InChI=1S/C14H20N2O3/c1-9(13(16)14(18)19)7-12(17)11(15)8-10-5-3-2-4-6-10/h2-6,9,11,13H,7-8,15-16H2,1H3,(H,18,19)/t9?,11?,13-/m0/s1. The molecule has 0 aliphatic carbocycles. The molecule has 2 unspecified atom stereocenters. The van der Waals surface area contributed by atoms with Gasteiger partial charge in [-0.05, 0) is 17.9 Å². The summed E-state index contributed by atoms with van der Waals surface area (Å²) >= 11 is 0. The second-order valence-corrected chi connectivity index (χ2v) is 4.81. The van der Waals surface area contributed by atoms with Gasteiger partial charge in [0, 0.05) is 6.42 Å². The molecule has 0 saturated carbocycles. The number of benzene rings is 1. The first kappa shape index (κ1) is 15.3. The average Bonchev–Trinajstić information content (AvgIpc) is 2.38. The summed E-state index contributed by atoms with van der Waals surface area (Å²) in [4.78, 5) is 22.6. The van der Waals surface area contributed by atoms with Gasteiger partial charge in [0.25, 0.3) is 0 Å². The van der Waals surface area contributed by atoms with E-state index >= 15 is 0 Å². The molecule has 0 aliphatic rings. The molecule has 19 heavy (non-hydrogen) atoms. The Hall–Kier alpha value is -1.72. The van der Waals surface area contributed by atoms with Gasteiger partial charge in [0.15, 0.2) is 0 Å². The first-order valence-electron chi connectivity index (χ1n) is 6.22. The Balaban J connectivity index is 2.51. The van der Waals surface area contributed by atoms with E-state index in [1.807, 2.05) is 30.3 Å². The number of carboxylic acids is 1. The summed E-state index contributed by atoms with van der Waals surface area (Å²) in [5.41, 5.74) is 12.3. The highest BCUT2D eigenvalue weighted by Crippen LogP contribution is 2.11. The third-order valence-corrected chi connectivity index (χ3v) is 3.13. The van der Waals surface area contributed by atoms with Crippen LogP contribution in [0.5, 0.6) is 0 Å². The molecule has 5 nitrogen and oxygen atoms in total. The zero-order valence-corrected chi connectivity index (χ0v) is 11.0. The van der Waals surface area contributed by atoms with E-state index in [9.17, 15) is 9.59 Å². The molecule has 0 radical (unpaired) electrons. The number of carbonyl (C=O) groups excluding carboxylic acids is 1. The van der Waals surface area contributed by atoms with Crippen molar-refractivity contribution in [1.29, 1.82) is 0 Å². The van der Waals surface area contributed by atoms with E-state index in [4.69, 9.17) is 16.6 Å². The van der Waals surface area contributed by atoms with Crippen molar-refractivity contribution in [2.45, 2.75) is 31.8 Å². The van der Waals surface area contributed by atoms with Gasteiger partial charge < -0.3 is 16.6 Å². The van der Waals surface area contributed by atoms with E-state index in [1.165, 1.54) is 0 Å². The second kappa shape index (κ2) is 7.01. The highest BCUT2D eigenvalue weighted by molar-refractivity contribution is 5.85. The Kier molecular flexibility index (Phi) is 5.66. The van der Waals surface area contributed by atoms with Gasteiger partial charge in [-0.3, -0.25) is 9.59 Å². The molecule has 0 saturated heterocycles. The Morgan fingerprint density at radius 1 is 1.21 bits per heavy atom. The number of aliphatic carboxylic acids is 1. The molecular weight excluding hydrogens is 244 g/mol. The number of Topliss-reactive ketones (excluding diaryl/α,β-unsaturated/α-hetero) is 1. The Morgan fingerprint density at radius 3 is 2.32 bits per heavy atom. The highest BCUT2D eigenvalue weighted by atomic mass is 16.4. The Labute approximate surface area is 112 Å². The van der Waals surface area contributed by atoms with Crippen molar-refractivity contribution in [2.75, 3.05) is 0 Å². The largest absolute Gasteiger partial charge is 0.480 e. The lowest BCUT2D eigenvalue weighted by Crippen LogP contribution is -2.41. The van der Waals surface area contributed by atoms with Crippen LogP contribution in [-0.4, -0.2) is 28.9 Å². The molecule has 0 amide bonds. The van der Waals surface area contributed by atoms with Gasteiger partial charge in [-0.1, -0.05) is 37.3 Å². The number of carboxylic acid groups (broad SMARTS) is 1. The van der Waals surface area contributed by atoms with Crippen molar-refractivity contribution in [1.82, 2.24) is 0 Å². The van der Waals surface area contributed by atoms with Crippen molar-refractivity contribution < 1.29 is 14.7 Å². The molecular formula is C14H20N2O3. The minimum Gasteiger partial charge on any atom is -0.480 e. The summed E-state index contributed by atoms with van der Waals surface area (Å²) in [6, 6.07) is 7.81. The average molecular weight is 264 g/mol. The number of rotatable bonds is 7. The number of carbonyl (C=O) groups is 2. The minimum atomic E-state index is -1.10. The number of ketones is 1. The zero-order valence-electron chi connectivity index (χ0n) is 11.0. The molecule has 104 valence electrons. The third-order valence-electron chi connectivity index (χ3n) is 3.13. The van der Waals surface area contributed by atoms with Crippen LogP contribution in [0.25, 0.3) is 0 Å². The highest BCUT2D eigenvalue weighted by Gasteiger charge is 2.24. The Morgan fingerprint density at radius 2 is 1.79 bits per heavy atom. The summed E-state index contributed by atoms with van der Waals surface area (Å²) < 4.78 is 0.